The Kier molecular flexibility index (Phi) is 5.43. The molecule has 3 aliphatic rings. The molecule has 0 radical (unpaired) electrons. The van der Waals surface area contributed by atoms with E-state index in [9.17, 15) is 0 Å². The summed E-state index contributed by atoms with van der Waals surface area (Å²) in [5.74, 6) is 1.26. The second kappa shape index (κ2) is 7.33. The Morgan fingerprint density at radius 3 is 1.86 bits per heavy atom. The fraction of sp³-hybridized carbons (Fsp3) is 0.947. The van der Waals surface area contributed by atoms with Crippen LogP contribution in [0.3, 0.4) is 0 Å². The van der Waals surface area contributed by atoms with Crippen molar-refractivity contribution in [3.8, 4) is 0 Å². The third kappa shape index (κ3) is 3.50. The molecule has 2 aliphatic carbocycles. The Balaban J connectivity index is 1.83. The lowest BCUT2D eigenvalue weighted by atomic mass is 9.83. The van der Waals surface area contributed by atoms with Gasteiger partial charge in [0, 0.05) is 25.2 Å². The molecule has 2 saturated carbocycles. The molecule has 1 aliphatic heterocycles. The first-order valence-electron chi connectivity index (χ1n) is 9.77. The van der Waals surface area contributed by atoms with Crippen LogP contribution in [0.15, 0.2) is 4.99 Å². The molecule has 0 spiro atoms. The van der Waals surface area contributed by atoms with Crippen molar-refractivity contribution in [2.45, 2.75) is 102 Å². The molecular formula is C19H35N3. The van der Waals surface area contributed by atoms with Gasteiger partial charge in [0.05, 0.1) is 5.54 Å². The lowest BCUT2D eigenvalue weighted by molar-refractivity contribution is 0.0236. The maximum atomic E-state index is 4.88. The van der Waals surface area contributed by atoms with Crippen molar-refractivity contribution in [1.29, 1.82) is 0 Å². The van der Waals surface area contributed by atoms with E-state index < -0.39 is 0 Å². The van der Waals surface area contributed by atoms with Gasteiger partial charge in [-0.1, -0.05) is 38.5 Å². The molecule has 0 saturated heterocycles. The molecule has 0 aromatic carbocycles. The Morgan fingerprint density at radius 2 is 1.41 bits per heavy atom. The molecule has 3 heteroatoms. The van der Waals surface area contributed by atoms with Crippen LogP contribution < -0.4 is 5.32 Å². The zero-order chi connectivity index (χ0) is 15.4. The summed E-state index contributed by atoms with van der Waals surface area (Å²) in [7, 11) is 0. The summed E-state index contributed by atoms with van der Waals surface area (Å²) in [6.45, 7) is 6.96. The first-order chi connectivity index (χ1) is 10.7. The van der Waals surface area contributed by atoms with Gasteiger partial charge < -0.3 is 5.32 Å². The molecule has 22 heavy (non-hydrogen) atoms. The van der Waals surface area contributed by atoms with E-state index in [2.05, 4.69) is 24.1 Å². The van der Waals surface area contributed by atoms with Gasteiger partial charge in [0.2, 0.25) is 0 Å². The van der Waals surface area contributed by atoms with Gasteiger partial charge in [0.1, 0.15) is 5.84 Å². The van der Waals surface area contributed by atoms with Crippen molar-refractivity contribution in [1.82, 2.24) is 10.2 Å². The largest absolute Gasteiger partial charge is 0.372 e. The molecule has 0 amide bonds. The maximum Gasteiger partial charge on any atom is 0.116 e. The van der Waals surface area contributed by atoms with E-state index in [0.717, 1.165) is 25.2 Å². The number of amidine groups is 1. The van der Waals surface area contributed by atoms with Crippen LogP contribution in [0.1, 0.15) is 84.5 Å². The van der Waals surface area contributed by atoms with Gasteiger partial charge in [-0.2, -0.15) is 0 Å². The van der Waals surface area contributed by atoms with Crippen LogP contribution in [0.5, 0.6) is 0 Å². The van der Waals surface area contributed by atoms with Crippen molar-refractivity contribution in [3.05, 3.63) is 0 Å². The number of nitrogens with one attached hydrogen (secondary N) is 1. The summed E-state index contributed by atoms with van der Waals surface area (Å²) < 4.78 is 0. The van der Waals surface area contributed by atoms with E-state index in [1.165, 1.54) is 76.5 Å². The Hall–Kier alpha value is -0.570. The molecule has 3 rings (SSSR count). The molecule has 1 heterocycles. The van der Waals surface area contributed by atoms with Gasteiger partial charge in [0.25, 0.3) is 0 Å². The van der Waals surface area contributed by atoms with Gasteiger partial charge in [-0.3, -0.25) is 9.89 Å². The number of hydrogen-bond acceptors (Lipinski definition) is 3. The van der Waals surface area contributed by atoms with Crippen LogP contribution in [0.2, 0.25) is 0 Å². The van der Waals surface area contributed by atoms with Crippen LogP contribution in [0.4, 0.5) is 0 Å². The number of aliphatic imine (C=N–C) groups is 1. The fourth-order valence-corrected chi connectivity index (χ4v) is 4.99. The van der Waals surface area contributed by atoms with E-state index in [-0.39, 0.29) is 5.54 Å². The standard InChI is InChI=1S/C19H35N3/c1-19(2,18-20-14-9-15-21-18)22(16-10-5-3-6-11-16)17-12-7-4-8-13-17/h16-17H,3-15H2,1-2H3,(H,20,21). The first-order valence-corrected chi connectivity index (χ1v) is 9.77. The highest BCUT2D eigenvalue weighted by atomic mass is 15.3. The molecule has 2 fully saturated rings. The smallest absolute Gasteiger partial charge is 0.116 e. The lowest BCUT2D eigenvalue weighted by Crippen LogP contribution is -2.63. The summed E-state index contributed by atoms with van der Waals surface area (Å²) in [6, 6.07) is 1.55. The Labute approximate surface area is 136 Å². The molecule has 0 atom stereocenters. The van der Waals surface area contributed by atoms with Crippen molar-refractivity contribution < 1.29 is 0 Å². The monoisotopic (exact) mass is 305 g/mol. The zero-order valence-corrected chi connectivity index (χ0v) is 14.7. The molecule has 0 bridgehead atoms. The van der Waals surface area contributed by atoms with E-state index >= 15 is 0 Å². The van der Waals surface area contributed by atoms with E-state index in [0.29, 0.717) is 0 Å². The summed E-state index contributed by atoms with van der Waals surface area (Å²) in [6.07, 6.45) is 15.3. The van der Waals surface area contributed by atoms with E-state index in [1.54, 1.807) is 0 Å². The molecule has 0 aromatic rings. The van der Waals surface area contributed by atoms with Gasteiger partial charge in [-0.25, -0.2) is 0 Å². The third-order valence-corrected chi connectivity index (χ3v) is 6.06. The SMILES string of the molecule is CC(C)(C1=NCCCN1)N(C1CCCCC1)C1CCCCC1. The number of hydrogen-bond donors (Lipinski definition) is 1. The predicted molar refractivity (Wildman–Crippen MR) is 94.6 cm³/mol. The minimum absolute atomic E-state index is 0.0738. The molecule has 3 nitrogen and oxygen atoms in total. The van der Waals surface area contributed by atoms with Crippen LogP contribution >= 0.6 is 0 Å². The first kappa shape index (κ1) is 16.3. The highest BCUT2D eigenvalue weighted by Crippen LogP contribution is 2.36. The van der Waals surface area contributed by atoms with Crippen LogP contribution in [-0.4, -0.2) is 41.4 Å². The highest BCUT2D eigenvalue weighted by molar-refractivity contribution is 5.91. The maximum absolute atomic E-state index is 4.88. The van der Waals surface area contributed by atoms with Crippen LogP contribution in [-0.2, 0) is 0 Å². The topological polar surface area (TPSA) is 27.6 Å². The Bertz CT molecular complexity index is 358. The normalized spacial score (nSPS) is 25.9. The van der Waals surface area contributed by atoms with Gasteiger partial charge in [-0.15, -0.1) is 0 Å². The second-order valence-electron chi connectivity index (χ2n) is 8.06. The minimum Gasteiger partial charge on any atom is -0.372 e. The van der Waals surface area contributed by atoms with Gasteiger partial charge in [0.15, 0.2) is 0 Å². The van der Waals surface area contributed by atoms with Gasteiger partial charge in [-0.05, 0) is 46.0 Å². The number of rotatable bonds is 4. The highest BCUT2D eigenvalue weighted by Gasteiger charge is 2.41. The fourth-order valence-electron chi connectivity index (χ4n) is 4.99. The van der Waals surface area contributed by atoms with E-state index in [1.807, 2.05) is 0 Å². The summed E-state index contributed by atoms with van der Waals surface area (Å²) in [5, 5.41) is 3.63. The molecular weight excluding hydrogens is 270 g/mol. The lowest BCUT2D eigenvalue weighted by Gasteiger charge is -2.51. The Morgan fingerprint density at radius 1 is 0.864 bits per heavy atom. The van der Waals surface area contributed by atoms with Crippen molar-refractivity contribution >= 4 is 5.84 Å². The number of nitrogens with zero attached hydrogens (tertiary/aromatic N) is 2. The average molecular weight is 306 g/mol. The summed E-state index contributed by atoms with van der Waals surface area (Å²) >= 11 is 0. The molecule has 0 aromatic heterocycles. The zero-order valence-electron chi connectivity index (χ0n) is 14.7. The molecule has 1 N–H and O–H groups in total. The summed E-state index contributed by atoms with van der Waals surface area (Å²) in [4.78, 5) is 7.78. The summed E-state index contributed by atoms with van der Waals surface area (Å²) in [5.41, 5.74) is 0.0738. The van der Waals surface area contributed by atoms with Crippen LogP contribution in [0, 0.1) is 0 Å². The minimum atomic E-state index is 0.0738. The van der Waals surface area contributed by atoms with E-state index in [4.69, 9.17) is 4.99 Å². The predicted octanol–water partition coefficient (Wildman–Crippen LogP) is 4.12. The van der Waals surface area contributed by atoms with Crippen LogP contribution in [0.25, 0.3) is 0 Å². The quantitative estimate of drug-likeness (QED) is 0.846. The van der Waals surface area contributed by atoms with Crippen molar-refractivity contribution in [2.75, 3.05) is 13.1 Å². The van der Waals surface area contributed by atoms with Crippen molar-refractivity contribution in [3.63, 3.8) is 0 Å². The molecule has 126 valence electrons. The second-order valence-corrected chi connectivity index (χ2v) is 8.06. The van der Waals surface area contributed by atoms with Crippen molar-refractivity contribution in [2.24, 2.45) is 4.99 Å². The average Bonchev–Trinajstić information content (AvgIpc) is 2.58. The molecule has 0 unspecified atom stereocenters. The van der Waals surface area contributed by atoms with Gasteiger partial charge >= 0.3 is 0 Å². The third-order valence-electron chi connectivity index (χ3n) is 6.06.